The van der Waals surface area contributed by atoms with Gasteiger partial charge in [-0.25, -0.2) is 14.4 Å². The first kappa shape index (κ1) is 54.3. The first-order valence-electron chi connectivity index (χ1n) is 22.0. The molecule has 10 atom stereocenters. The lowest BCUT2D eigenvalue weighted by Crippen LogP contribution is -2.55. The zero-order valence-electron chi connectivity index (χ0n) is 38.2. The van der Waals surface area contributed by atoms with E-state index >= 15 is 0 Å². The SMILES string of the molecule is COC(=O)CCCCOC1OC(CO)C(O)C(O)C1C.COC(=O)CCCCOC1OC(COC(=O)c2ccccc2)C(C)C(C)C1C.O=C(OC(=O)c1ccccc1)c1ccccc1. The largest absolute Gasteiger partial charge is 0.469 e. The lowest BCUT2D eigenvalue weighted by atomic mass is 9.79. The van der Waals surface area contributed by atoms with Crippen molar-refractivity contribution in [1.29, 1.82) is 0 Å². The number of aliphatic hydroxyl groups is 3. The van der Waals surface area contributed by atoms with Crippen molar-refractivity contribution >= 4 is 29.8 Å². The first-order chi connectivity index (χ1) is 31.2. The van der Waals surface area contributed by atoms with E-state index in [0.717, 1.165) is 12.8 Å². The van der Waals surface area contributed by atoms with E-state index < -0.39 is 42.5 Å². The molecule has 0 aromatic heterocycles. The number of ether oxygens (including phenoxy) is 8. The van der Waals surface area contributed by atoms with E-state index in [1.807, 2.05) is 18.2 Å². The molecule has 2 fully saturated rings. The minimum absolute atomic E-state index is 0.203. The summed E-state index contributed by atoms with van der Waals surface area (Å²) in [7, 11) is 2.74. The summed E-state index contributed by atoms with van der Waals surface area (Å²) in [5.41, 5.74) is 1.25. The predicted octanol–water partition coefficient (Wildman–Crippen LogP) is 5.94. The Labute approximate surface area is 381 Å². The average molecular weight is 911 g/mol. The van der Waals surface area contributed by atoms with Crippen LogP contribution in [0.4, 0.5) is 0 Å². The summed E-state index contributed by atoms with van der Waals surface area (Å²) in [6, 6.07) is 25.8. The Bertz CT molecular complexity index is 1790. The molecule has 2 heterocycles. The maximum atomic E-state index is 12.2. The van der Waals surface area contributed by atoms with E-state index in [9.17, 15) is 34.2 Å². The predicted molar refractivity (Wildman–Crippen MR) is 236 cm³/mol. The molecule has 16 nitrogen and oxygen atoms in total. The Morgan fingerprint density at radius 1 is 0.523 bits per heavy atom. The van der Waals surface area contributed by atoms with Crippen LogP contribution in [-0.4, -0.2) is 123 Å². The fourth-order valence-corrected chi connectivity index (χ4v) is 6.79. The van der Waals surface area contributed by atoms with Crippen LogP contribution in [0.2, 0.25) is 0 Å². The lowest BCUT2D eigenvalue weighted by molar-refractivity contribution is -0.282. The molecular weight excluding hydrogens is 845 g/mol. The van der Waals surface area contributed by atoms with Crippen molar-refractivity contribution in [3.8, 4) is 0 Å². The molecular formula is C49H66O16. The summed E-state index contributed by atoms with van der Waals surface area (Å²) in [6.45, 7) is 8.83. The third-order valence-corrected chi connectivity index (χ3v) is 11.3. The minimum Gasteiger partial charge on any atom is -0.469 e. The fraction of sp³-hybridized carbons (Fsp3) is 0.531. The number of carbonyl (C=O) groups is 5. The molecule has 65 heavy (non-hydrogen) atoms. The number of aliphatic hydroxyl groups excluding tert-OH is 3. The van der Waals surface area contributed by atoms with Crippen LogP contribution in [0, 0.1) is 23.7 Å². The van der Waals surface area contributed by atoms with Crippen molar-refractivity contribution < 1.29 is 77.2 Å². The summed E-state index contributed by atoms with van der Waals surface area (Å²) in [4.78, 5) is 57.4. The topological polar surface area (TPSA) is 220 Å². The minimum atomic E-state index is -1.12. The molecule has 0 saturated carbocycles. The Morgan fingerprint density at radius 2 is 0.938 bits per heavy atom. The highest BCUT2D eigenvalue weighted by molar-refractivity contribution is 6.02. The molecule has 3 N–H and O–H groups in total. The number of carbonyl (C=O) groups excluding carboxylic acids is 5. The highest BCUT2D eigenvalue weighted by Crippen LogP contribution is 2.36. The van der Waals surface area contributed by atoms with Crippen molar-refractivity contribution in [2.24, 2.45) is 23.7 Å². The van der Waals surface area contributed by atoms with Gasteiger partial charge in [0.15, 0.2) is 12.6 Å². The highest BCUT2D eigenvalue weighted by Gasteiger charge is 2.42. The van der Waals surface area contributed by atoms with Gasteiger partial charge in [0, 0.05) is 37.9 Å². The van der Waals surface area contributed by atoms with Crippen molar-refractivity contribution in [3.05, 3.63) is 108 Å². The van der Waals surface area contributed by atoms with Crippen LogP contribution in [0.1, 0.15) is 97.3 Å². The number of esters is 5. The monoisotopic (exact) mass is 910 g/mol. The van der Waals surface area contributed by atoms with Gasteiger partial charge in [0.05, 0.1) is 49.7 Å². The number of hydrogen-bond donors (Lipinski definition) is 3. The van der Waals surface area contributed by atoms with Gasteiger partial charge in [-0.2, -0.15) is 0 Å². The average Bonchev–Trinajstić information content (AvgIpc) is 3.34. The molecule has 2 saturated heterocycles. The molecule has 0 bridgehead atoms. The van der Waals surface area contributed by atoms with E-state index in [1.54, 1.807) is 79.7 Å². The van der Waals surface area contributed by atoms with Crippen LogP contribution in [0.3, 0.4) is 0 Å². The zero-order chi connectivity index (χ0) is 47.7. The molecule has 0 spiro atoms. The standard InChI is InChI=1S/C22H32O6.C14H10O3.C13H24O7/c1-15-16(2)19(14-27-21(24)18-10-6-5-7-11-18)28-22(17(15)3)26-13-9-8-12-20(23)25-4;15-13(11-7-3-1-4-8-11)17-14(16)12-9-5-2-6-10-12;1-8-11(16)12(17)9(7-14)20-13(8)19-6-4-3-5-10(15)18-2/h5-7,10-11,15-17,19,22H,8-9,12-14H2,1-4H3;1-10H;8-9,11-14,16-17H,3-7H2,1-2H3. The molecule has 0 amide bonds. The van der Waals surface area contributed by atoms with Gasteiger partial charge < -0.3 is 53.2 Å². The summed E-state index contributed by atoms with van der Waals surface area (Å²) in [5, 5.41) is 28.6. The van der Waals surface area contributed by atoms with Gasteiger partial charge in [-0.15, -0.1) is 0 Å². The third-order valence-electron chi connectivity index (χ3n) is 11.3. The van der Waals surface area contributed by atoms with Gasteiger partial charge in [-0.1, -0.05) is 82.3 Å². The first-order valence-corrected chi connectivity index (χ1v) is 22.0. The number of benzene rings is 3. The Balaban J connectivity index is 0.000000269. The fourth-order valence-electron chi connectivity index (χ4n) is 6.79. The molecule has 5 rings (SSSR count). The molecule has 16 heteroatoms. The van der Waals surface area contributed by atoms with E-state index in [4.69, 9.17) is 33.5 Å². The third kappa shape index (κ3) is 18.4. The normalized spacial score (nSPS) is 24.7. The van der Waals surface area contributed by atoms with Crippen LogP contribution in [0.5, 0.6) is 0 Å². The second-order valence-corrected chi connectivity index (χ2v) is 15.9. The zero-order valence-corrected chi connectivity index (χ0v) is 38.2. The van der Waals surface area contributed by atoms with E-state index in [0.29, 0.717) is 61.5 Å². The van der Waals surface area contributed by atoms with Crippen LogP contribution in [-0.2, 0) is 47.5 Å². The van der Waals surface area contributed by atoms with E-state index in [1.165, 1.54) is 14.2 Å². The van der Waals surface area contributed by atoms with Gasteiger partial charge in [-0.3, -0.25) is 9.59 Å². The van der Waals surface area contributed by atoms with Crippen LogP contribution >= 0.6 is 0 Å². The molecule has 10 unspecified atom stereocenters. The van der Waals surface area contributed by atoms with E-state index in [-0.39, 0.29) is 55.4 Å². The Hall–Kier alpha value is -5.07. The molecule has 2 aliphatic rings. The summed E-state index contributed by atoms with van der Waals surface area (Å²) in [5.74, 6) is -1.63. The lowest BCUT2D eigenvalue weighted by Gasteiger charge is -2.43. The maximum absolute atomic E-state index is 12.2. The van der Waals surface area contributed by atoms with Crippen LogP contribution < -0.4 is 0 Å². The van der Waals surface area contributed by atoms with Crippen LogP contribution in [0.25, 0.3) is 0 Å². The summed E-state index contributed by atoms with van der Waals surface area (Å²) in [6.07, 6.45) is -0.679. The highest BCUT2D eigenvalue weighted by atomic mass is 16.7. The molecule has 2 aliphatic heterocycles. The number of unbranched alkanes of at least 4 members (excludes halogenated alkanes) is 2. The van der Waals surface area contributed by atoms with Gasteiger partial charge in [0.25, 0.3) is 0 Å². The Kier molecular flexibility index (Phi) is 24.6. The van der Waals surface area contributed by atoms with E-state index in [2.05, 4.69) is 30.2 Å². The van der Waals surface area contributed by atoms with Crippen LogP contribution in [0.15, 0.2) is 91.0 Å². The van der Waals surface area contributed by atoms with Gasteiger partial charge in [0.1, 0.15) is 18.8 Å². The van der Waals surface area contributed by atoms with Crippen molar-refractivity contribution in [1.82, 2.24) is 0 Å². The number of methoxy groups -OCH3 is 2. The second kappa shape index (κ2) is 29.5. The number of hydrogen-bond acceptors (Lipinski definition) is 16. The van der Waals surface area contributed by atoms with Gasteiger partial charge in [0.2, 0.25) is 0 Å². The smallest absolute Gasteiger partial charge is 0.346 e. The quantitative estimate of drug-likeness (QED) is 0.0582. The van der Waals surface area contributed by atoms with Gasteiger partial charge in [-0.05, 0) is 73.9 Å². The summed E-state index contributed by atoms with van der Waals surface area (Å²) < 4.78 is 42.4. The molecule has 3 aromatic carbocycles. The van der Waals surface area contributed by atoms with Gasteiger partial charge >= 0.3 is 29.8 Å². The second-order valence-electron chi connectivity index (χ2n) is 15.9. The maximum Gasteiger partial charge on any atom is 0.346 e. The molecule has 3 aromatic rings. The molecule has 0 aliphatic carbocycles. The Morgan fingerprint density at radius 3 is 1.37 bits per heavy atom. The summed E-state index contributed by atoms with van der Waals surface area (Å²) >= 11 is 0. The van der Waals surface area contributed by atoms with Crippen molar-refractivity contribution in [2.75, 3.05) is 40.6 Å². The molecule has 358 valence electrons. The number of rotatable bonds is 18. The van der Waals surface area contributed by atoms with Crippen molar-refractivity contribution in [2.45, 2.75) is 103 Å². The van der Waals surface area contributed by atoms with Crippen molar-refractivity contribution in [3.63, 3.8) is 0 Å². The molecule has 0 radical (unpaired) electrons.